The molecular weight excluding hydrogens is 263 g/mol. The van der Waals surface area contributed by atoms with Crippen molar-refractivity contribution in [2.75, 3.05) is 18.0 Å². The van der Waals surface area contributed by atoms with E-state index in [1.165, 1.54) is 5.57 Å². The van der Waals surface area contributed by atoms with Crippen LogP contribution >= 0.6 is 0 Å². The topological polar surface area (TPSA) is 3.24 Å². The predicted octanol–water partition coefficient (Wildman–Crippen LogP) is 5.28. The van der Waals surface area contributed by atoms with Gasteiger partial charge in [0, 0.05) is 18.8 Å². The van der Waals surface area contributed by atoms with E-state index in [1.807, 2.05) is 13.8 Å². The van der Waals surface area contributed by atoms with Crippen molar-refractivity contribution < 1.29 is 13.2 Å². The largest absolute Gasteiger partial charge is 0.416 e. The Kier molecular flexibility index (Phi) is 6.11. The highest BCUT2D eigenvalue weighted by Gasteiger charge is 2.30. The Bertz CT molecular complexity index is 428. The number of allylic oxidation sites excluding steroid dienone is 1. The summed E-state index contributed by atoms with van der Waals surface area (Å²) in [4.78, 5) is 2.11. The highest BCUT2D eigenvalue weighted by atomic mass is 19.4. The Morgan fingerprint density at radius 1 is 1.15 bits per heavy atom. The fraction of sp³-hybridized carbons (Fsp3) is 0.500. The van der Waals surface area contributed by atoms with Gasteiger partial charge in [-0.05, 0) is 44.5 Å². The van der Waals surface area contributed by atoms with E-state index in [-0.39, 0.29) is 0 Å². The van der Waals surface area contributed by atoms with Gasteiger partial charge in [0.05, 0.1) is 5.56 Å². The van der Waals surface area contributed by atoms with Crippen molar-refractivity contribution >= 4 is 5.69 Å². The maximum absolute atomic E-state index is 12.6. The SMILES string of the molecule is CCCCN(CC=C(C)C)c1ccc(C(F)(F)F)cc1. The summed E-state index contributed by atoms with van der Waals surface area (Å²) in [7, 11) is 0. The second kappa shape index (κ2) is 7.36. The lowest BCUT2D eigenvalue weighted by Crippen LogP contribution is -2.24. The summed E-state index contributed by atoms with van der Waals surface area (Å²) >= 11 is 0. The molecule has 0 aliphatic carbocycles. The van der Waals surface area contributed by atoms with Gasteiger partial charge >= 0.3 is 6.18 Å². The molecule has 1 aromatic rings. The van der Waals surface area contributed by atoms with Gasteiger partial charge in [0.15, 0.2) is 0 Å². The molecule has 0 amide bonds. The predicted molar refractivity (Wildman–Crippen MR) is 78.0 cm³/mol. The lowest BCUT2D eigenvalue weighted by atomic mass is 10.1. The quantitative estimate of drug-likeness (QED) is 0.643. The minimum absolute atomic E-state index is 0.598. The smallest absolute Gasteiger partial charge is 0.368 e. The van der Waals surface area contributed by atoms with Crippen LogP contribution in [0.1, 0.15) is 39.2 Å². The number of unbranched alkanes of at least 4 members (excludes halogenated alkanes) is 1. The molecule has 0 radical (unpaired) electrons. The molecule has 0 saturated heterocycles. The van der Waals surface area contributed by atoms with Crippen LogP contribution in [0.4, 0.5) is 18.9 Å². The van der Waals surface area contributed by atoms with E-state index in [0.29, 0.717) is 0 Å². The zero-order valence-electron chi connectivity index (χ0n) is 12.3. The molecule has 0 atom stereocenters. The average Bonchev–Trinajstić information content (AvgIpc) is 2.38. The summed E-state index contributed by atoms with van der Waals surface area (Å²) in [5, 5.41) is 0. The van der Waals surface area contributed by atoms with E-state index < -0.39 is 11.7 Å². The van der Waals surface area contributed by atoms with Gasteiger partial charge in [-0.15, -0.1) is 0 Å². The third kappa shape index (κ3) is 5.27. The minimum Gasteiger partial charge on any atom is -0.368 e. The number of rotatable bonds is 6. The van der Waals surface area contributed by atoms with Gasteiger partial charge in [-0.3, -0.25) is 0 Å². The van der Waals surface area contributed by atoms with Crippen molar-refractivity contribution in [3.63, 3.8) is 0 Å². The number of halogens is 3. The van der Waals surface area contributed by atoms with Crippen LogP contribution in [0, 0.1) is 0 Å². The zero-order valence-corrected chi connectivity index (χ0v) is 12.3. The Labute approximate surface area is 119 Å². The number of hydrogen-bond donors (Lipinski definition) is 0. The van der Waals surface area contributed by atoms with Gasteiger partial charge in [-0.25, -0.2) is 0 Å². The van der Waals surface area contributed by atoms with Crippen molar-refractivity contribution in [1.82, 2.24) is 0 Å². The highest BCUT2D eigenvalue weighted by molar-refractivity contribution is 5.48. The third-order valence-electron chi connectivity index (χ3n) is 3.06. The second-order valence-corrected chi connectivity index (χ2v) is 5.13. The Morgan fingerprint density at radius 3 is 2.20 bits per heavy atom. The molecule has 0 saturated carbocycles. The molecule has 0 fully saturated rings. The molecule has 0 spiro atoms. The van der Waals surface area contributed by atoms with E-state index in [2.05, 4.69) is 17.9 Å². The number of alkyl halides is 3. The summed E-state index contributed by atoms with van der Waals surface area (Å²) in [6.07, 6.45) is -0.0937. The molecule has 1 aromatic carbocycles. The summed E-state index contributed by atoms with van der Waals surface area (Å²) in [5.74, 6) is 0. The monoisotopic (exact) mass is 285 g/mol. The van der Waals surface area contributed by atoms with Gasteiger partial charge < -0.3 is 4.90 Å². The molecular formula is C16H22F3N. The normalized spacial score (nSPS) is 11.3. The van der Waals surface area contributed by atoms with Crippen LogP contribution in [0.25, 0.3) is 0 Å². The molecule has 0 bridgehead atoms. The van der Waals surface area contributed by atoms with Crippen LogP contribution < -0.4 is 4.90 Å². The Balaban J connectivity index is 2.87. The van der Waals surface area contributed by atoms with E-state index in [4.69, 9.17) is 0 Å². The Morgan fingerprint density at radius 2 is 1.75 bits per heavy atom. The van der Waals surface area contributed by atoms with Crippen molar-refractivity contribution in [2.24, 2.45) is 0 Å². The van der Waals surface area contributed by atoms with Gasteiger partial charge in [0.1, 0.15) is 0 Å². The summed E-state index contributed by atoms with van der Waals surface area (Å²) in [6.45, 7) is 7.72. The van der Waals surface area contributed by atoms with Gasteiger partial charge in [-0.1, -0.05) is 25.0 Å². The molecule has 0 heterocycles. The fourth-order valence-electron chi connectivity index (χ4n) is 1.83. The third-order valence-corrected chi connectivity index (χ3v) is 3.06. The van der Waals surface area contributed by atoms with E-state index in [0.717, 1.165) is 43.8 Å². The second-order valence-electron chi connectivity index (χ2n) is 5.13. The summed E-state index contributed by atoms with van der Waals surface area (Å²) < 4.78 is 37.7. The standard InChI is InChI=1S/C16H22F3N/c1-4-5-11-20(12-10-13(2)3)15-8-6-14(7-9-15)16(17,18)19/h6-10H,4-5,11-12H2,1-3H3. The maximum atomic E-state index is 12.6. The summed E-state index contributed by atoms with van der Waals surface area (Å²) in [6, 6.07) is 5.40. The molecule has 0 aliphatic heterocycles. The first-order valence-electron chi connectivity index (χ1n) is 6.90. The van der Waals surface area contributed by atoms with E-state index >= 15 is 0 Å². The molecule has 1 nitrogen and oxygen atoms in total. The van der Waals surface area contributed by atoms with Crippen molar-refractivity contribution in [1.29, 1.82) is 0 Å². The molecule has 20 heavy (non-hydrogen) atoms. The fourth-order valence-corrected chi connectivity index (χ4v) is 1.83. The van der Waals surface area contributed by atoms with Crippen LogP contribution in [0.2, 0.25) is 0 Å². The van der Waals surface area contributed by atoms with Crippen LogP contribution in [0.5, 0.6) is 0 Å². The zero-order chi connectivity index (χ0) is 15.2. The lowest BCUT2D eigenvalue weighted by molar-refractivity contribution is -0.137. The van der Waals surface area contributed by atoms with Gasteiger partial charge in [0.2, 0.25) is 0 Å². The van der Waals surface area contributed by atoms with Gasteiger partial charge in [-0.2, -0.15) is 13.2 Å². The number of anilines is 1. The number of hydrogen-bond acceptors (Lipinski definition) is 1. The Hall–Kier alpha value is -1.45. The molecule has 4 heteroatoms. The number of nitrogens with zero attached hydrogens (tertiary/aromatic N) is 1. The minimum atomic E-state index is -4.27. The first kappa shape index (κ1) is 16.6. The first-order chi connectivity index (χ1) is 9.34. The summed E-state index contributed by atoms with van der Waals surface area (Å²) in [5.41, 5.74) is 1.45. The van der Waals surface area contributed by atoms with Crippen LogP contribution in [0.3, 0.4) is 0 Å². The molecule has 0 N–H and O–H groups in total. The molecule has 112 valence electrons. The van der Waals surface area contributed by atoms with Crippen molar-refractivity contribution in [2.45, 2.75) is 39.8 Å². The van der Waals surface area contributed by atoms with Crippen LogP contribution in [-0.4, -0.2) is 13.1 Å². The lowest BCUT2D eigenvalue weighted by Gasteiger charge is -2.24. The molecule has 1 rings (SSSR count). The molecule has 0 aliphatic rings. The van der Waals surface area contributed by atoms with Crippen molar-refractivity contribution in [3.8, 4) is 0 Å². The molecule has 0 unspecified atom stereocenters. The maximum Gasteiger partial charge on any atom is 0.416 e. The van der Waals surface area contributed by atoms with E-state index in [1.54, 1.807) is 12.1 Å². The first-order valence-corrected chi connectivity index (χ1v) is 6.90. The molecule has 0 aromatic heterocycles. The highest BCUT2D eigenvalue weighted by Crippen LogP contribution is 2.30. The average molecular weight is 285 g/mol. The van der Waals surface area contributed by atoms with Crippen LogP contribution in [0.15, 0.2) is 35.9 Å². The van der Waals surface area contributed by atoms with E-state index in [9.17, 15) is 13.2 Å². The van der Waals surface area contributed by atoms with Crippen molar-refractivity contribution in [3.05, 3.63) is 41.5 Å². The van der Waals surface area contributed by atoms with Gasteiger partial charge in [0.25, 0.3) is 0 Å². The van der Waals surface area contributed by atoms with Crippen LogP contribution in [-0.2, 0) is 6.18 Å². The number of benzene rings is 1.